The molecule has 3 N–H and O–H groups in total. The molecule has 6 nitrogen and oxygen atoms in total. The minimum Gasteiger partial charge on any atom is -0.381 e. The van der Waals surface area contributed by atoms with Crippen molar-refractivity contribution in [3.05, 3.63) is 58.5 Å². The van der Waals surface area contributed by atoms with Gasteiger partial charge in [0.1, 0.15) is 0 Å². The highest BCUT2D eigenvalue weighted by molar-refractivity contribution is 5.77. The average Bonchev–Trinajstić information content (AvgIpc) is 3.18. The largest absolute Gasteiger partial charge is 0.381 e. The van der Waals surface area contributed by atoms with Crippen LogP contribution in [0, 0.1) is 0 Å². The molecule has 0 radical (unpaired) electrons. The number of pyridine rings is 1. The number of hydrogen-bond donors (Lipinski definition) is 3. The molecule has 1 saturated carbocycles. The maximum Gasteiger partial charge on any atom is 0.251 e. The second kappa shape index (κ2) is 9.74. The zero-order valence-electron chi connectivity index (χ0n) is 16.8. The number of aromatic amines is 2. The highest BCUT2D eigenvalue weighted by atomic mass is 16.5. The fraction of sp³-hybridized carbons (Fsp3) is 0.478. The summed E-state index contributed by atoms with van der Waals surface area (Å²) in [5.74, 6) is 1.31. The van der Waals surface area contributed by atoms with Gasteiger partial charge in [-0.3, -0.25) is 4.79 Å². The molecule has 1 saturated heterocycles. The Balaban J connectivity index is 0.000000145. The van der Waals surface area contributed by atoms with Crippen LogP contribution < -0.4 is 10.9 Å². The third kappa shape index (κ3) is 5.26. The second-order valence-corrected chi connectivity index (χ2v) is 7.92. The van der Waals surface area contributed by atoms with Gasteiger partial charge in [-0.05, 0) is 49.8 Å². The summed E-state index contributed by atoms with van der Waals surface area (Å²) in [5, 5.41) is 3.50. The minimum absolute atomic E-state index is 0.0504. The summed E-state index contributed by atoms with van der Waals surface area (Å²) in [4.78, 5) is 22.0. The fourth-order valence-electron chi connectivity index (χ4n) is 4.23. The molecular weight excluding hydrogens is 364 g/mol. The Hall–Kier alpha value is -2.60. The molecule has 3 aromatic rings. The minimum atomic E-state index is 0.0504. The van der Waals surface area contributed by atoms with E-state index >= 15 is 0 Å². The SMILES string of the molecule is O=c1[nH]cccc1C1CCOCC1.c1ccc2[nH]c(NC3CCCCC3)nc2c1. The van der Waals surface area contributed by atoms with E-state index in [9.17, 15) is 4.79 Å². The van der Waals surface area contributed by atoms with Gasteiger partial charge in [-0.15, -0.1) is 0 Å². The van der Waals surface area contributed by atoms with Crippen LogP contribution in [0.5, 0.6) is 0 Å². The normalized spacial score (nSPS) is 18.2. The number of nitrogens with zero attached hydrogens (tertiary/aromatic N) is 1. The van der Waals surface area contributed by atoms with Gasteiger partial charge in [0, 0.05) is 31.0 Å². The van der Waals surface area contributed by atoms with Crippen molar-refractivity contribution >= 4 is 17.0 Å². The number of nitrogens with one attached hydrogen (secondary N) is 3. The van der Waals surface area contributed by atoms with Crippen molar-refractivity contribution in [2.75, 3.05) is 18.5 Å². The molecule has 5 rings (SSSR count). The van der Waals surface area contributed by atoms with E-state index < -0.39 is 0 Å². The van der Waals surface area contributed by atoms with Crippen LogP contribution in [0.2, 0.25) is 0 Å². The first kappa shape index (κ1) is 19.7. The highest BCUT2D eigenvalue weighted by Gasteiger charge is 2.18. The number of hydrogen-bond acceptors (Lipinski definition) is 4. The van der Waals surface area contributed by atoms with Gasteiger partial charge in [0.25, 0.3) is 5.56 Å². The Labute approximate surface area is 171 Å². The van der Waals surface area contributed by atoms with Gasteiger partial charge in [0.15, 0.2) is 0 Å². The van der Waals surface area contributed by atoms with Crippen LogP contribution in [0.3, 0.4) is 0 Å². The van der Waals surface area contributed by atoms with Gasteiger partial charge >= 0.3 is 0 Å². The van der Waals surface area contributed by atoms with E-state index in [0.717, 1.165) is 48.6 Å². The molecular formula is C23H30N4O2. The van der Waals surface area contributed by atoms with Crippen molar-refractivity contribution in [2.45, 2.75) is 56.9 Å². The molecule has 0 unspecified atom stereocenters. The molecule has 154 valence electrons. The lowest BCUT2D eigenvalue weighted by molar-refractivity contribution is 0.0850. The molecule has 2 fully saturated rings. The third-order valence-corrected chi connectivity index (χ3v) is 5.85. The van der Waals surface area contributed by atoms with Crippen LogP contribution >= 0.6 is 0 Å². The van der Waals surface area contributed by atoms with Gasteiger partial charge < -0.3 is 20.0 Å². The summed E-state index contributed by atoms with van der Waals surface area (Å²) in [6.45, 7) is 1.55. The highest BCUT2D eigenvalue weighted by Crippen LogP contribution is 2.24. The summed E-state index contributed by atoms with van der Waals surface area (Å²) in [7, 11) is 0. The summed E-state index contributed by atoms with van der Waals surface area (Å²) < 4.78 is 5.25. The van der Waals surface area contributed by atoms with Crippen molar-refractivity contribution in [1.29, 1.82) is 0 Å². The number of anilines is 1. The van der Waals surface area contributed by atoms with Crippen LogP contribution in [0.25, 0.3) is 11.0 Å². The number of benzene rings is 1. The summed E-state index contributed by atoms with van der Waals surface area (Å²) in [6.07, 6.45) is 10.2. The molecule has 2 aliphatic rings. The number of H-pyrrole nitrogens is 2. The molecule has 0 spiro atoms. The van der Waals surface area contributed by atoms with E-state index in [1.165, 1.54) is 32.1 Å². The molecule has 2 aromatic heterocycles. The lowest BCUT2D eigenvalue weighted by Crippen LogP contribution is -2.22. The quantitative estimate of drug-likeness (QED) is 0.607. The predicted octanol–water partition coefficient (Wildman–Crippen LogP) is 4.58. The standard InChI is InChI=1S/C13H17N3.C10H13NO2/c1-2-6-10(7-3-1)14-13-15-11-8-4-5-9-12(11)16-13;12-10-9(2-1-5-11-10)8-3-6-13-7-4-8/h4-5,8-10H,1-3,6-7H2,(H2,14,15,16);1-2,5,8H,3-4,6-7H2,(H,11,12). The predicted molar refractivity (Wildman–Crippen MR) is 116 cm³/mol. The van der Waals surface area contributed by atoms with Crippen molar-refractivity contribution in [3.8, 4) is 0 Å². The molecule has 1 aliphatic heterocycles. The van der Waals surface area contributed by atoms with Crippen molar-refractivity contribution in [2.24, 2.45) is 0 Å². The molecule has 6 heteroatoms. The third-order valence-electron chi connectivity index (χ3n) is 5.85. The molecule has 0 bridgehead atoms. The first-order valence-corrected chi connectivity index (χ1v) is 10.8. The number of fused-ring (bicyclic) bond motifs is 1. The lowest BCUT2D eigenvalue weighted by atomic mass is 9.93. The Morgan fingerprint density at radius 1 is 0.966 bits per heavy atom. The van der Waals surface area contributed by atoms with Crippen molar-refractivity contribution in [1.82, 2.24) is 15.0 Å². The number of ether oxygens (including phenoxy) is 1. The van der Waals surface area contributed by atoms with Gasteiger partial charge in [0.05, 0.1) is 11.0 Å². The number of para-hydroxylation sites is 2. The van der Waals surface area contributed by atoms with Crippen LogP contribution in [-0.2, 0) is 4.74 Å². The first-order valence-electron chi connectivity index (χ1n) is 10.8. The zero-order chi connectivity index (χ0) is 19.9. The Bertz CT molecular complexity index is 919. The van der Waals surface area contributed by atoms with Crippen LogP contribution in [-0.4, -0.2) is 34.2 Å². The van der Waals surface area contributed by atoms with E-state index in [1.807, 2.05) is 30.3 Å². The van der Waals surface area contributed by atoms with Crippen LogP contribution in [0.1, 0.15) is 56.4 Å². The van der Waals surface area contributed by atoms with Gasteiger partial charge in [0.2, 0.25) is 5.95 Å². The van der Waals surface area contributed by atoms with E-state index in [4.69, 9.17) is 4.74 Å². The van der Waals surface area contributed by atoms with Crippen molar-refractivity contribution in [3.63, 3.8) is 0 Å². The summed E-state index contributed by atoms with van der Waals surface area (Å²) in [6, 6.07) is 12.6. The average molecular weight is 395 g/mol. The zero-order valence-corrected chi connectivity index (χ0v) is 16.8. The summed E-state index contributed by atoms with van der Waals surface area (Å²) >= 11 is 0. The van der Waals surface area contributed by atoms with Crippen LogP contribution in [0.4, 0.5) is 5.95 Å². The maximum absolute atomic E-state index is 11.4. The Morgan fingerprint density at radius 2 is 1.76 bits per heavy atom. The van der Waals surface area contributed by atoms with E-state index in [-0.39, 0.29) is 5.56 Å². The number of imidazole rings is 1. The molecule has 29 heavy (non-hydrogen) atoms. The lowest BCUT2D eigenvalue weighted by Gasteiger charge is -2.22. The smallest absolute Gasteiger partial charge is 0.251 e. The first-order chi connectivity index (χ1) is 14.3. The number of aromatic nitrogens is 3. The monoisotopic (exact) mass is 394 g/mol. The Kier molecular flexibility index (Phi) is 6.62. The Morgan fingerprint density at radius 3 is 2.52 bits per heavy atom. The maximum atomic E-state index is 11.4. The van der Waals surface area contributed by atoms with Gasteiger partial charge in [-0.2, -0.15) is 0 Å². The molecule has 3 heterocycles. The molecule has 1 aromatic carbocycles. The second-order valence-electron chi connectivity index (χ2n) is 7.92. The molecule has 1 aliphatic carbocycles. The fourth-order valence-corrected chi connectivity index (χ4v) is 4.23. The van der Waals surface area contributed by atoms with E-state index in [0.29, 0.717) is 12.0 Å². The molecule has 0 atom stereocenters. The number of rotatable bonds is 3. The van der Waals surface area contributed by atoms with Gasteiger partial charge in [-0.1, -0.05) is 37.5 Å². The summed E-state index contributed by atoms with van der Waals surface area (Å²) in [5.41, 5.74) is 3.11. The van der Waals surface area contributed by atoms with E-state index in [1.54, 1.807) is 6.20 Å². The van der Waals surface area contributed by atoms with E-state index in [2.05, 4.69) is 26.3 Å². The topological polar surface area (TPSA) is 82.8 Å². The van der Waals surface area contributed by atoms with Crippen LogP contribution in [0.15, 0.2) is 47.4 Å². The van der Waals surface area contributed by atoms with Crippen molar-refractivity contribution < 1.29 is 4.74 Å². The molecule has 0 amide bonds. The van der Waals surface area contributed by atoms with Gasteiger partial charge in [-0.25, -0.2) is 4.98 Å².